The summed E-state index contributed by atoms with van der Waals surface area (Å²) in [7, 11) is 1.86. The second kappa shape index (κ2) is 9.03. The maximum Gasteiger partial charge on any atom is 0.143 e. The quantitative estimate of drug-likeness (QED) is 0.360. The summed E-state index contributed by atoms with van der Waals surface area (Å²) in [5, 5.41) is 11.0. The van der Waals surface area contributed by atoms with Gasteiger partial charge in [0.25, 0.3) is 0 Å². The van der Waals surface area contributed by atoms with Gasteiger partial charge in [0.1, 0.15) is 29.4 Å². The van der Waals surface area contributed by atoms with Crippen LogP contribution in [0.5, 0.6) is 0 Å². The van der Waals surface area contributed by atoms with E-state index in [1.54, 1.807) is 6.33 Å². The third-order valence-electron chi connectivity index (χ3n) is 5.91. The lowest BCUT2D eigenvalue weighted by Gasteiger charge is -2.37. The number of rotatable bonds is 6. The molecule has 0 radical (unpaired) electrons. The number of hydrogen-bond donors (Lipinski definition) is 4. The third kappa shape index (κ3) is 4.45. The lowest BCUT2D eigenvalue weighted by molar-refractivity contribution is 0.405. The highest BCUT2D eigenvalue weighted by Gasteiger charge is 2.22. The normalized spacial score (nSPS) is 18.5. The first-order valence-electron chi connectivity index (χ1n) is 11.3. The summed E-state index contributed by atoms with van der Waals surface area (Å²) >= 11 is 0. The lowest BCUT2D eigenvalue weighted by atomic mass is 10.1. The Morgan fingerprint density at radius 1 is 1.06 bits per heavy atom. The summed E-state index contributed by atoms with van der Waals surface area (Å²) in [4.78, 5) is 23.9. The molecular formula is C24H29N9. The van der Waals surface area contributed by atoms with Crippen LogP contribution in [0.25, 0.3) is 22.2 Å². The van der Waals surface area contributed by atoms with Gasteiger partial charge >= 0.3 is 0 Å². The minimum Gasteiger partial charge on any atom is -0.373 e. The molecule has 0 aromatic carbocycles. The average molecular weight is 444 g/mol. The van der Waals surface area contributed by atoms with Gasteiger partial charge in [0, 0.05) is 55.7 Å². The lowest BCUT2D eigenvalue weighted by Crippen LogP contribution is -2.54. The molecule has 4 aromatic rings. The third-order valence-corrected chi connectivity index (χ3v) is 5.91. The molecule has 4 N–H and O–H groups in total. The highest BCUT2D eigenvalue weighted by atomic mass is 15.3. The predicted octanol–water partition coefficient (Wildman–Crippen LogP) is 3.26. The van der Waals surface area contributed by atoms with Gasteiger partial charge in [0.15, 0.2) is 0 Å². The molecule has 0 aliphatic carbocycles. The second-order valence-electron chi connectivity index (χ2n) is 8.54. The number of aromatic nitrogens is 5. The number of aromatic amines is 1. The van der Waals surface area contributed by atoms with Crippen LogP contribution in [0.4, 0.5) is 17.5 Å². The first-order chi connectivity index (χ1) is 16.1. The van der Waals surface area contributed by atoms with Crippen molar-refractivity contribution in [2.45, 2.75) is 32.5 Å². The summed E-state index contributed by atoms with van der Waals surface area (Å²) < 4.78 is 0. The molecule has 1 saturated heterocycles. The maximum absolute atomic E-state index is 4.92. The van der Waals surface area contributed by atoms with Gasteiger partial charge in [0.05, 0.1) is 17.6 Å². The second-order valence-corrected chi connectivity index (χ2v) is 8.54. The van der Waals surface area contributed by atoms with Gasteiger partial charge in [-0.1, -0.05) is 6.07 Å². The van der Waals surface area contributed by atoms with Gasteiger partial charge in [-0.05, 0) is 38.1 Å². The molecule has 33 heavy (non-hydrogen) atoms. The van der Waals surface area contributed by atoms with Crippen LogP contribution in [-0.2, 0) is 6.54 Å². The van der Waals surface area contributed by atoms with Crippen LogP contribution >= 0.6 is 0 Å². The fourth-order valence-corrected chi connectivity index (χ4v) is 4.46. The van der Waals surface area contributed by atoms with E-state index < -0.39 is 0 Å². The Balaban J connectivity index is 1.38. The summed E-state index contributed by atoms with van der Waals surface area (Å²) in [6, 6.07) is 11.1. The Bertz CT molecular complexity index is 1220. The van der Waals surface area contributed by atoms with E-state index in [0.29, 0.717) is 18.6 Å². The van der Waals surface area contributed by atoms with Gasteiger partial charge in [-0.25, -0.2) is 19.9 Å². The Kier molecular flexibility index (Phi) is 5.78. The number of pyridine rings is 2. The summed E-state index contributed by atoms with van der Waals surface area (Å²) in [6.45, 7) is 6.90. The molecule has 5 rings (SSSR count). The zero-order valence-corrected chi connectivity index (χ0v) is 19.1. The smallest absolute Gasteiger partial charge is 0.143 e. The fraction of sp³-hybridized carbons (Fsp3) is 0.333. The van der Waals surface area contributed by atoms with Gasteiger partial charge in [-0.2, -0.15) is 0 Å². The Hall–Kier alpha value is -3.72. The molecule has 9 heteroatoms. The fourth-order valence-electron chi connectivity index (χ4n) is 4.46. The largest absolute Gasteiger partial charge is 0.373 e. The molecule has 2 atom stereocenters. The molecule has 1 aliphatic heterocycles. The summed E-state index contributed by atoms with van der Waals surface area (Å²) in [5.74, 6) is 2.61. The van der Waals surface area contributed by atoms with Gasteiger partial charge in [-0.3, -0.25) is 0 Å². The molecule has 0 bridgehead atoms. The van der Waals surface area contributed by atoms with Crippen LogP contribution < -0.4 is 20.9 Å². The molecular weight excluding hydrogens is 414 g/mol. The molecule has 9 nitrogen and oxygen atoms in total. The number of nitrogens with one attached hydrogen (secondary N) is 4. The number of anilines is 3. The van der Waals surface area contributed by atoms with E-state index in [0.717, 1.165) is 58.4 Å². The van der Waals surface area contributed by atoms with E-state index in [1.807, 2.05) is 37.6 Å². The predicted molar refractivity (Wildman–Crippen MR) is 133 cm³/mol. The first-order valence-corrected chi connectivity index (χ1v) is 11.3. The standard InChI is InChI=1S/C24H29N9/c1-15-12-33(13-16(2)31-15)21-6-4-5-18(32-21)10-27-23-22-19(11-28-24(22)30-14-29-23)17-7-8-20(25-3)26-9-17/h4-9,11,14-16,31H,10,12-13H2,1-3H3,(H,25,26)(H2,27,28,29,30)/t15-,16+. The van der Waals surface area contributed by atoms with Crippen molar-refractivity contribution >= 4 is 28.5 Å². The number of piperazine rings is 1. The molecule has 0 unspecified atom stereocenters. The molecule has 0 spiro atoms. The summed E-state index contributed by atoms with van der Waals surface area (Å²) in [5.41, 5.74) is 3.76. The van der Waals surface area contributed by atoms with Crippen molar-refractivity contribution in [3.8, 4) is 11.1 Å². The molecule has 0 saturated carbocycles. The van der Waals surface area contributed by atoms with Crippen molar-refractivity contribution in [1.82, 2.24) is 30.2 Å². The Morgan fingerprint density at radius 3 is 2.67 bits per heavy atom. The zero-order valence-electron chi connectivity index (χ0n) is 19.1. The van der Waals surface area contributed by atoms with E-state index in [-0.39, 0.29) is 0 Å². The maximum atomic E-state index is 4.92. The number of hydrogen-bond acceptors (Lipinski definition) is 8. The minimum atomic E-state index is 0.440. The topological polar surface area (TPSA) is 107 Å². The van der Waals surface area contributed by atoms with E-state index in [1.165, 1.54) is 0 Å². The minimum absolute atomic E-state index is 0.440. The molecule has 0 amide bonds. The summed E-state index contributed by atoms with van der Waals surface area (Å²) in [6.07, 6.45) is 5.37. The van der Waals surface area contributed by atoms with Crippen LogP contribution in [0, 0.1) is 0 Å². The highest BCUT2D eigenvalue weighted by Crippen LogP contribution is 2.32. The first kappa shape index (κ1) is 21.1. The molecule has 4 aromatic heterocycles. The monoisotopic (exact) mass is 443 g/mol. The van der Waals surface area contributed by atoms with Crippen molar-refractivity contribution < 1.29 is 0 Å². The molecule has 5 heterocycles. The zero-order chi connectivity index (χ0) is 22.8. The Morgan fingerprint density at radius 2 is 1.91 bits per heavy atom. The molecule has 170 valence electrons. The number of H-pyrrole nitrogens is 1. The van der Waals surface area contributed by atoms with Crippen molar-refractivity contribution in [3.63, 3.8) is 0 Å². The van der Waals surface area contributed by atoms with Crippen LogP contribution in [0.3, 0.4) is 0 Å². The van der Waals surface area contributed by atoms with Crippen molar-refractivity contribution in [2.75, 3.05) is 35.7 Å². The van der Waals surface area contributed by atoms with E-state index in [9.17, 15) is 0 Å². The molecule has 1 aliphatic rings. The molecule has 1 fully saturated rings. The van der Waals surface area contributed by atoms with Gasteiger partial charge in [0.2, 0.25) is 0 Å². The van der Waals surface area contributed by atoms with Crippen molar-refractivity contribution in [1.29, 1.82) is 0 Å². The van der Waals surface area contributed by atoms with Crippen LogP contribution in [0.2, 0.25) is 0 Å². The van der Waals surface area contributed by atoms with Crippen LogP contribution in [-0.4, -0.2) is 57.1 Å². The van der Waals surface area contributed by atoms with E-state index in [2.05, 4.69) is 66.8 Å². The van der Waals surface area contributed by atoms with E-state index >= 15 is 0 Å². The van der Waals surface area contributed by atoms with Gasteiger partial charge in [-0.15, -0.1) is 0 Å². The average Bonchev–Trinajstić information content (AvgIpc) is 3.27. The van der Waals surface area contributed by atoms with Crippen molar-refractivity contribution in [2.24, 2.45) is 0 Å². The van der Waals surface area contributed by atoms with Crippen LogP contribution in [0.15, 0.2) is 49.1 Å². The number of nitrogens with zero attached hydrogens (tertiary/aromatic N) is 5. The number of fused-ring (bicyclic) bond motifs is 1. The Labute approximate surface area is 193 Å². The van der Waals surface area contributed by atoms with Gasteiger partial charge < -0.3 is 25.8 Å². The SMILES string of the molecule is CNc1ccc(-c2c[nH]c3ncnc(NCc4cccc(N5C[C@@H](C)N[C@@H](C)C5)n4)c23)cn1. The van der Waals surface area contributed by atoms with Crippen molar-refractivity contribution in [3.05, 3.63) is 54.7 Å². The highest BCUT2D eigenvalue weighted by molar-refractivity contribution is 6.00. The van der Waals surface area contributed by atoms with E-state index in [4.69, 9.17) is 4.98 Å². The van der Waals surface area contributed by atoms with Crippen LogP contribution in [0.1, 0.15) is 19.5 Å².